The van der Waals surface area contributed by atoms with Crippen molar-refractivity contribution in [3.8, 4) is 0 Å². The predicted octanol–water partition coefficient (Wildman–Crippen LogP) is 1.08. The van der Waals surface area contributed by atoms with Crippen molar-refractivity contribution < 1.29 is 4.74 Å². The minimum Gasteiger partial charge on any atom is -0.396 e. The molecule has 0 amide bonds. The summed E-state index contributed by atoms with van der Waals surface area (Å²) < 4.78 is 6.99. The van der Waals surface area contributed by atoms with Crippen molar-refractivity contribution in [2.75, 3.05) is 12.3 Å². The first-order chi connectivity index (χ1) is 5.66. The summed E-state index contributed by atoms with van der Waals surface area (Å²) in [4.78, 5) is 0. The maximum atomic E-state index is 5.74. The standard InChI is InChI=1S/C8H15N3O/c1-4-12-5-11-7(3)8(9)6(2)10-11/h4-5,9H2,1-3H3. The van der Waals surface area contributed by atoms with Gasteiger partial charge in [-0.15, -0.1) is 0 Å². The first kappa shape index (κ1) is 9.06. The van der Waals surface area contributed by atoms with Crippen LogP contribution in [0.5, 0.6) is 0 Å². The van der Waals surface area contributed by atoms with Gasteiger partial charge < -0.3 is 10.5 Å². The number of hydrogen-bond acceptors (Lipinski definition) is 3. The lowest BCUT2D eigenvalue weighted by molar-refractivity contribution is 0.0776. The van der Waals surface area contributed by atoms with Gasteiger partial charge in [0.25, 0.3) is 0 Å². The van der Waals surface area contributed by atoms with E-state index in [1.165, 1.54) is 0 Å². The number of rotatable bonds is 3. The molecule has 0 bridgehead atoms. The third kappa shape index (κ3) is 1.58. The van der Waals surface area contributed by atoms with Gasteiger partial charge in [-0.2, -0.15) is 5.10 Å². The highest BCUT2D eigenvalue weighted by molar-refractivity contribution is 5.46. The molecule has 1 aromatic heterocycles. The van der Waals surface area contributed by atoms with E-state index in [0.29, 0.717) is 13.3 Å². The van der Waals surface area contributed by atoms with Crippen LogP contribution in [0.25, 0.3) is 0 Å². The molecule has 0 saturated heterocycles. The summed E-state index contributed by atoms with van der Waals surface area (Å²) in [5, 5.41) is 4.21. The van der Waals surface area contributed by atoms with Crippen molar-refractivity contribution in [1.29, 1.82) is 0 Å². The Morgan fingerprint density at radius 3 is 2.58 bits per heavy atom. The van der Waals surface area contributed by atoms with E-state index in [-0.39, 0.29) is 0 Å². The second-order valence-corrected chi connectivity index (χ2v) is 2.71. The van der Waals surface area contributed by atoms with Gasteiger partial charge in [0.15, 0.2) is 0 Å². The molecular weight excluding hydrogens is 154 g/mol. The van der Waals surface area contributed by atoms with Crippen molar-refractivity contribution >= 4 is 5.69 Å². The molecule has 0 fully saturated rings. The fraction of sp³-hybridized carbons (Fsp3) is 0.625. The molecule has 2 N–H and O–H groups in total. The molecule has 68 valence electrons. The molecule has 1 aromatic rings. The normalized spacial score (nSPS) is 10.6. The highest BCUT2D eigenvalue weighted by Crippen LogP contribution is 2.14. The molecule has 1 rings (SSSR count). The average Bonchev–Trinajstić information content (AvgIpc) is 2.30. The molecule has 0 aromatic carbocycles. The first-order valence-electron chi connectivity index (χ1n) is 4.04. The average molecular weight is 169 g/mol. The molecule has 0 saturated carbocycles. The van der Waals surface area contributed by atoms with Crippen LogP contribution < -0.4 is 5.73 Å². The van der Waals surface area contributed by atoms with Gasteiger partial charge in [-0.1, -0.05) is 0 Å². The summed E-state index contributed by atoms with van der Waals surface area (Å²) in [7, 11) is 0. The van der Waals surface area contributed by atoms with Crippen LogP contribution in [0, 0.1) is 13.8 Å². The second kappa shape index (κ2) is 3.58. The molecule has 1 heterocycles. The number of nitrogens with zero attached hydrogens (tertiary/aromatic N) is 2. The van der Waals surface area contributed by atoms with Crippen LogP contribution in [-0.2, 0) is 11.5 Å². The van der Waals surface area contributed by atoms with E-state index in [4.69, 9.17) is 10.5 Å². The van der Waals surface area contributed by atoms with E-state index in [9.17, 15) is 0 Å². The van der Waals surface area contributed by atoms with Crippen LogP contribution in [-0.4, -0.2) is 16.4 Å². The van der Waals surface area contributed by atoms with Crippen LogP contribution >= 0.6 is 0 Å². The smallest absolute Gasteiger partial charge is 0.139 e. The molecule has 0 aliphatic carbocycles. The highest BCUT2D eigenvalue weighted by atomic mass is 16.5. The summed E-state index contributed by atoms with van der Waals surface area (Å²) in [6.07, 6.45) is 0. The Kier molecular flexibility index (Phi) is 2.70. The Bertz CT molecular complexity index is 268. The summed E-state index contributed by atoms with van der Waals surface area (Å²) in [6, 6.07) is 0. The zero-order valence-electron chi connectivity index (χ0n) is 7.79. The summed E-state index contributed by atoms with van der Waals surface area (Å²) >= 11 is 0. The van der Waals surface area contributed by atoms with Crippen molar-refractivity contribution in [1.82, 2.24) is 9.78 Å². The van der Waals surface area contributed by atoms with Gasteiger partial charge in [0, 0.05) is 6.61 Å². The van der Waals surface area contributed by atoms with Crippen LogP contribution in [0.2, 0.25) is 0 Å². The Hall–Kier alpha value is -1.03. The molecule has 0 atom stereocenters. The number of nitrogen functional groups attached to an aromatic ring is 1. The lowest BCUT2D eigenvalue weighted by atomic mass is 10.3. The number of aryl methyl sites for hydroxylation is 1. The van der Waals surface area contributed by atoms with E-state index >= 15 is 0 Å². The summed E-state index contributed by atoms with van der Waals surface area (Å²) in [6.45, 7) is 6.97. The maximum absolute atomic E-state index is 5.74. The van der Waals surface area contributed by atoms with Gasteiger partial charge in [0.05, 0.1) is 17.1 Å². The Morgan fingerprint density at radius 2 is 2.17 bits per heavy atom. The summed E-state index contributed by atoms with van der Waals surface area (Å²) in [5.41, 5.74) is 8.34. The van der Waals surface area contributed by atoms with E-state index in [0.717, 1.165) is 17.1 Å². The quantitative estimate of drug-likeness (QED) is 0.736. The number of aromatic nitrogens is 2. The number of ether oxygens (including phenoxy) is 1. The third-order valence-electron chi connectivity index (χ3n) is 1.86. The minimum absolute atomic E-state index is 0.486. The van der Waals surface area contributed by atoms with Gasteiger partial charge in [-0.3, -0.25) is 0 Å². The molecule has 0 radical (unpaired) electrons. The van der Waals surface area contributed by atoms with Crippen LogP contribution in [0.3, 0.4) is 0 Å². The predicted molar refractivity (Wildman–Crippen MR) is 47.7 cm³/mol. The van der Waals surface area contributed by atoms with Crippen molar-refractivity contribution in [2.24, 2.45) is 0 Å². The number of nitrogens with two attached hydrogens (primary N) is 1. The molecule has 0 aliphatic heterocycles. The van der Waals surface area contributed by atoms with Gasteiger partial charge in [-0.05, 0) is 20.8 Å². The van der Waals surface area contributed by atoms with E-state index in [2.05, 4.69) is 5.10 Å². The Balaban J connectivity index is 2.79. The maximum Gasteiger partial charge on any atom is 0.139 e. The van der Waals surface area contributed by atoms with Crippen LogP contribution in [0.15, 0.2) is 0 Å². The summed E-state index contributed by atoms with van der Waals surface area (Å²) in [5.74, 6) is 0. The monoisotopic (exact) mass is 169 g/mol. The third-order valence-corrected chi connectivity index (χ3v) is 1.86. The van der Waals surface area contributed by atoms with E-state index < -0.39 is 0 Å². The highest BCUT2D eigenvalue weighted by Gasteiger charge is 2.06. The SMILES string of the molecule is CCOCn1nc(C)c(N)c1C. The van der Waals surface area contributed by atoms with Crippen molar-refractivity contribution in [2.45, 2.75) is 27.5 Å². The molecule has 0 spiro atoms. The topological polar surface area (TPSA) is 53.1 Å². The minimum atomic E-state index is 0.486. The Morgan fingerprint density at radius 1 is 1.50 bits per heavy atom. The van der Waals surface area contributed by atoms with E-state index in [1.807, 2.05) is 20.8 Å². The van der Waals surface area contributed by atoms with Gasteiger partial charge >= 0.3 is 0 Å². The lowest BCUT2D eigenvalue weighted by Crippen LogP contribution is -2.06. The first-order valence-corrected chi connectivity index (χ1v) is 4.04. The molecule has 12 heavy (non-hydrogen) atoms. The molecule has 0 aliphatic rings. The van der Waals surface area contributed by atoms with E-state index in [1.54, 1.807) is 4.68 Å². The zero-order chi connectivity index (χ0) is 9.14. The van der Waals surface area contributed by atoms with Gasteiger partial charge in [-0.25, -0.2) is 4.68 Å². The largest absolute Gasteiger partial charge is 0.396 e. The van der Waals surface area contributed by atoms with Gasteiger partial charge in [0.1, 0.15) is 6.73 Å². The number of hydrogen-bond donors (Lipinski definition) is 1. The molecule has 0 unspecified atom stereocenters. The lowest BCUT2D eigenvalue weighted by Gasteiger charge is -2.03. The van der Waals surface area contributed by atoms with Crippen LogP contribution in [0.4, 0.5) is 5.69 Å². The molecule has 4 nitrogen and oxygen atoms in total. The molecular formula is C8H15N3O. The van der Waals surface area contributed by atoms with Crippen LogP contribution in [0.1, 0.15) is 18.3 Å². The Labute approximate surface area is 72.3 Å². The molecule has 4 heteroatoms. The second-order valence-electron chi connectivity index (χ2n) is 2.71. The van der Waals surface area contributed by atoms with Crippen molar-refractivity contribution in [3.05, 3.63) is 11.4 Å². The van der Waals surface area contributed by atoms with Crippen molar-refractivity contribution in [3.63, 3.8) is 0 Å². The zero-order valence-corrected chi connectivity index (χ0v) is 7.79. The fourth-order valence-electron chi connectivity index (χ4n) is 1.01. The van der Waals surface area contributed by atoms with Gasteiger partial charge in [0.2, 0.25) is 0 Å². The fourth-order valence-corrected chi connectivity index (χ4v) is 1.01. The number of anilines is 1.